The molecule has 0 amide bonds. The van der Waals surface area contributed by atoms with Gasteiger partial charge in [-0.3, -0.25) is 0 Å². The molecule has 0 aromatic heterocycles. The minimum atomic E-state index is -4.70. The fourth-order valence-electron chi connectivity index (χ4n) is 2.06. The zero-order chi connectivity index (χ0) is 10.6. The Kier molecular flexibility index (Phi) is 8.41. The Bertz CT molecular complexity index is 182. The van der Waals surface area contributed by atoms with E-state index < -0.39 is 13.4 Å². The molecule has 1 heterocycles. The largest absolute Gasteiger partial charge is 1.00 e. The van der Waals surface area contributed by atoms with Crippen LogP contribution in [0.5, 0.6) is 0 Å². The van der Waals surface area contributed by atoms with Gasteiger partial charge >= 0.3 is 58.4 Å². The van der Waals surface area contributed by atoms with Crippen LogP contribution in [-0.2, 0) is 0 Å². The Hall–Kier alpha value is 1.41. The summed E-state index contributed by atoms with van der Waals surface area (Å²) in [5.74, 6) is 0. The van der Waals surface area contributed by atoms with Crippen LogP contribution in [0.25, 0.3) is 0 Å². The third-order valence-corrected chi connectivity index (χ3v) is 2.64. The zero-order valence-electron chi connectivity index (χ0n) is 9.13. The van der Waals surface area contributed by atoms with E-state index >= 15 is 0 Å². The number of aliphatic hydroxyl groups excluding tert-OH is 1. The predicted molar refractivity (Wildman–Crippen MR) is 50.0 cm³/mol. The smallest absolute Gasteiger partial charge is 0.448 e. The molecule has 0 aliphatic carbocycles. The van der Waals surface area contributed by atoms with Gasteiger partial charge in [-0.05, 0) is 38.7 Å². The topological polar surface area (TPSA) is 23.5 Å². The molecule has 1 aliphatic rings. The van der Waals surface area contributed by atoms with Crippen LogP contribution >= 0.6 is 0 Å². The second-order valence-electron chi connectivity index (χ2n) is 3.87. The number of hydrogen-bond donors (Lipinski definition) is 1. The summed E-state index contributed by atoms with van der Waals surface area (Å²) in [7, 11) is 0. The van der Waals surface area contributed by atoms with E-state index in [1.807, 2.05) is 0 Å². The molecule has 0 aromatic carbocycles. The summed E-state index contributed by atoms with van der Waals surface area (Å²) in [5.41, 5.74) is 0. The molecular weight excluding hydrogens is 233 g/mol. The third-order valence-electron chi connectivity index (χ3n) is 2.64. The Morgan fingerprint density at radius 2 is 2.00 bits per heavy atom. The van der Waals surface area contributed by atoms with E-state index in [2.05, 4.69) is 0 Å². The summed E-state index contributed by atoms with van der Waals surface area (Å²) in [6, 6.07) is 0.0330. The van der Waals surface area contributed by atoms with Gasteiger partial charge in [-0.1, -0.05) is 0 Å². The molecule has 1 N–H and O–H groups in total. The van der Waals surface area contributed by atoms with Crippen LogP contribution in [0.2, 0.25) is 0 Å². The van der Waals surface area contributed by atoms with Gasteiger partial charge in [0.1, 0.15) is 0 Å². The molecule has 0 saturated carbocycles. The van der Waals surface area contributed by atoms with Crippen molar-refractivity contribution in [1.82, 2.24) is 4.90 Å². The van der Waals surface area contributed by atoms with Gasteiger partial charge < -0.3 is 23.0 Å². The Morgan fingerprint density at radius 1 is 1.33 bits per heavy atom. The fourth-order valence-corrected chi connectivity index (χ4v) is 2.06. The van der Waals surface area contributed by atoms with Crippen LogP contribution in [0.15, 0.2) is 0 Å². The summed E-state index contributed by atoms with van der Waals surface area (Å²) in [4.78, 5) is 1.51. The summed E-state index contributed by atoms with van der Waals surface area (Å²) in [6.07, 6.45) is 2.24. The van der Waals surface area contributed by atoms with Gasteiger partial charge in [0.2, 0.25) is 0 Å². The Balaban J connectivity index is 0.00000196. The molecular formula is C8H16BF3KNO. The van der Waals surface area contributed by atoms with Crippen molar-refractivity contribution in [3.8, 4) is 0 Å². The molecule has 0 spiro atoms. The second kappa shape index (κ2) is 7.68. The molecule has 1 atom stereocenters. The quantitative estimate of drug-likeness (QED) is 0.607. The van der Waals surface area contributed by atoms with Gasteiger partial charge in [-0.2, -0.15) is 0 Å². The molecule has 1 rings (SSSR count). The van der Waals surface area contributed by atoms with E-state index in [0.29, 0.717) is 19.4 Å². The van der Waals surface area contributed by atoms with Crippen LogP contribution in [-0.4, -0.2) is 42.6 Å². The first-order valence-corrected chi connectivity index (χ1v) is 5.09. The minimum absolute atomic E-state index is 0. The van der Waals surface area contributed by atoms with Crippen molar-refractivity contribution >= 4 is 6.98 Å². The molecule has 7 heteroatoms. The maximum Gasteiger partial charge on any atom is 1.00 e. The predicted octanol–water partition coefficient (Wildman–Crippen LogP) is -1.39. The number of likely N-dealkylation sites (tertiary alicyclic amines) is 1. The van der Waals surface area contributed by atoms with Crippen molar-refractivity contribution in [3.05, 3.63) is 0 Å². The SMILES string of the molecule is OCCCC1CCCN1C[B-](F)(F)F.[K+]. The minimum Gasteiger partial charge on any atom is -0.448 e. The molecule has 1 fully saturated rings. The number of rotatable bonds is 5. The molecule has 1 unspecified atom stereocenters. The van der Waals surface area contributed by atoms with Gasteiger partial charge in [-0.25, -0.2) is 0 Å². The first-order valence-electron chi connectivity index (χ1n) is 5.09. The van der Waals surface area contributed by atoms with Crippen molar-refractivity contribution in [2.24, 2.45) is 0 Å². The summed E-state index contributed by atoms with van der Waals surface area (Å²) in [5, 5.41) is 8.61. The van der Waals surface area contributed by atoms with E-state index in [0.717, 1.165) is 12.8 Å². The second-order valence-corrected chi connectivity index (χ2v) is 3.87. The van der Waals surface area contributed by atoms with Crippen molar-refractivity contribution in [1.29, 1.82) is 0 Å². The molecule has 2 nitrogen and oxygen atoms in total. The maximum absolute atomic E-state index is 12.2. The van der Waals surface area contributed by atoms with Gasteiger partial charge in [-0.15, -0.1) is 0 Å². The standard InChI is InChI=1S/C8H16BF3NO.K/c10-9(11,12)7-13-5-1-3-8(13)4-2-6-14;/h8,14H,1-7H2;/q-1;+1. The third kappa shape index (κ3) is 6.65. The van der Waals surface area contributed by atoms with Gasteiger partial charge in [0.15, 0.2) is 0 Å². The number of halogens is 3. The zero-order valence-corrected chi connectivity index (χ0v) is 12.3. The first-order chi connectivity index (χ1) is 6.53. The van der Waals surface area contributed by atoms with E-state index in [1.54, 1.807) is 0 Å². The fraction of sp³-hybridized carbons (Fsp3) is 1.00. The van der Waals surface area contributed by atoms with Crippen LogP contribution in [0, 0.1) is 0 Å². The van der Waals surface area contributed by atoms with Gasteiger partial charge in [0.25, 0.3) is 0 Å². The molecule has 0 radical (unpaired) electrons. The van der Waals surface area contributed by atoms with Gasteiger partial charge in [0.05, 0.1) is 0 Å². The van der Waals surface area contributed by atoms with Crippen molar-refractivity contribution < 1.29 is 69.4 Å². The van der Waals surface area contributed by atoms with E-state index in [1.165, 1.54) is 4.90 Å². The van der Waals surface area contributed by atoms with E-state index in [4.69, 9.17) is 5.11 Å². The Labute approximate surface area is 131 Å². The van der Waals surface area contributed by atoms with Crippen LogP contribution < -0.4 is 51.4 Å². The van der Waals surface area contributed by atoms with Crippen molar-refractivity contribution in [3.63, 3.8) is 0 Å². The molecule has 0 aromatic rings. The molecule has 84 valence electrons. The van der Waals surface area contributed by atoms with E-state index in [9.17, 15) is 12.9 Å². The van der Waals surface area contributed by atoms with Crippen molar-refractivity contribution in [2.75, 3.05) is 19.6 Å². The monoisotopic (exact) mass is 249 g/mol. The average molecular weight is 249 g/mol. The average Bonchev–Trinajstić information content (AvgIpc) is 2.45. The Morgan fingerprint density at radius 3 is 2.53 bits per heavy atom. The summed E-state index contributed by atoms with van der Waals surface area (Å²) < 4.78 is 36.5. The number of nitrogens with zero attached hydrogens (tertiary/aromatic N) is 1. The van der Waals surface area contributed by atoms with Crippen LogP contribution in [0.4, 0.5) is 12.9 Å². The van der Waals surface area contributed by atoms with E-state index in [-0.39, 0.29) is 64.0 Å². The summed E-state index contributed by atoms with van der Waals surface area (Å²) >= 11 is 0. The normalized spacial score (nSPS) is 22.8. The molecule has 1 saturated heterocycles. The first kappa shape index (κ1) is 16.4. The molecule has 1 aliphatic heterocycles. The maximum atomic E-state index is 12.2. The van der Waals surface area contributed by atoms with Gasteiger partial charge in [0, 0.05) is 12.6 Å². The molecule has 0 bridgehead atoms. The number of aliphatic hydroxyl groups is 1. The van der Waals surface area contributed by atoms with Crippen LogP contribution in [0.1, 0.15) is 25.7 Å². The van der Waals surface area contributed by atoms with Crippen molar-refractivity contribution in [2.45, 2.75) is 31.7 Å². The molecule has 15 heavy (non-hydrogen) atoms. The summed E-state index contributed by atoms with van der Waals surface area (Å²) in [6.45, 7) is -4.08. The number of hydrogen-bond acceptors (Lipinski definition) is 2. The van der Waals surface area contributed by atoms with Crippen LogP contribution in [0.3, 0.4) is 0 Å².